The van der Waals surface area contributed by atoms with E-state index in [2.05, 4.69) is 26.2 Å². The Morgan fingerprint density at radius 3 is 2.76 bits per heavy atom. The number of ether oxygens (including phenoxy) is 1. The molecule has 2 aromatic rings. The van der Waals surface area contributed by atoms with E-state index in [4.69, 9.17) is 9.84 Å². The molecule has 2 N–H and O–H groups in total. The monoisotopic (exact) mass is 350 g/mol. The summed E-state index contributed by atoms with van der Waals surface area (Å²) in [6, 6.07) is 9.78. The second-order valence-corrected chi connectivity index (χ2v) is 4.94. The molecule has 0 aliphatic rings. The van der Waals surface area contributed by atoms with Gasteiger partial charge in [0.2, 0.25) is 0 Å². The molecule has 1 amide bonds. The molecule has 0 unspecified atom stereocenters. The average Bonchev–Trinajstić information content (AvgIpc) is 2.46. The summed E-state index contributed by atoms with van der Waals surface area (Å²) in [6.07, 6.45) is 1.53. The molecule has 1 heterocycles. The number of carboxylic acid groups (broad SMARTS) is 1. The number of aromatic nitrogens is 1. The normalized spacial score (nSPS) is 9.95. The van der Waals surface area contributed by atoms with E-state index in [1.807, 2.05) is 0 Å². The van der Waals surface area contributed by atoms with Gasteiger partial charge in [0.15, 0.2) is 6.61 Å². The lowest BCUT2D eigenvalue weighted by atomic mass is 10.2. The number of carboxylic acids is 1. The Bertz CT molecular complexity index is 658. The number of benzene rings is 1. The number of nitrogens with zero attached hydrogens (tertiary/aromatic N) is 1. The minimum absolute atomic E-state index is 0.273. The van der Waals surface area contributed by atoms with E-state index in [9.17, 15) is 9.59 Å². The van der Waals surface area contributed by atoms with Gasteiger partial charge in [-0.15, -0.1) is 0 Å². The first kappa shape index (κ1) is 15.0. The maximum atomic E-state index is 12.0. The smallest absolute Gasteiger partial charge is 0.341 e. The maximum Gasteiger partial charge on any atom is 0.341 e. The van der Waals surface area contributed by atoms with Gasteiger partial charge in [0.25, 0.3) is 5.91 Å². The van der Waals surface area contributed by atoms with E-state index in [0.717, 1.165) is 4.47 Å². The molecule has 0 aliphatic heterocycles. The number of anilines is 1. The third kappa shape index (κ3) is 4.57. The fraction of sp³-hybridized carbons (Fsp3) is 0.0714. The van der Waals surface area contributed by atoms with Gasteiger partial charge in [0.05, 0.1) is 0 Å². The Hall–Kier alpha value is -2.41. The molecule has 0 saturated heterocycles. The summed E-state index contributed by atoms with van der Waals surface area (Å²) in [4.78, 5) is 26.4. The summed E-state index contributed by atoms with van der Waals surface area (Å²) in [6.45, 7) is -0.439. The number of rotatable bonds is 5. The average molecular weight is 351 g/mol. The standard InChI is InChI=1S/C14H11BrN2O4/c15-9-4-5-12(16-7-9)14(20)17-10-2-1-3-11(6-10)21-8-13(18)19/h1-7H,8H2,(H,17,20)(H,18,19). The van der Waals surface area contributed by atoms with Crippen LogP contribution in [0.25, 0.3) is 0 Å². The highest BCUT2D eigenvalue weighted by molar-refractivity contribution is 9.10. The van der Waals surface area contributed by atoms with Gasteiger partial charge in [-0.25, -0.2) is 9.78 Å². The number of carbonyl (C=O) groups excluding carboxylic acids is 1. The lowest BCUT2D eigenvalue weighted by molar-refractivity contribution is -0.139. The molecule has 1 aromatic carbocycles. The zero-order valence-corrected chi connectivity index (χ0v) is 12.3. The van der Waals surface area contributed by atoms with Crippen molar-refractivity contribution < 1.29 is 19.4 Å². The van der Waals surface area contributed by atoms with E-state index in [1.165, 1.54) is 6.20 Å². The summed E-state index contributed by atoms with van der Waals surface area (Å²) >= 11 is 3.24. The van der Waals surface area contributed by atoms with Crippen LogP contribution in [-0.2, 0) is 4.79 Å². The number of hydrogen-bond acceptors (Lipinski definition) is 4. The van der Waals surface area contributed by atoms with Crippen molar-refractivity contribution in [2.45, 2.75) is 0 Å². The van der Waals surface area contributed by atoms with Gasteiger partial charge in [-0.05, 0) is 40.2 Å². The highest BCUT2D eigenvalue weighted by atomic mass is 79.9. The fourth-order valence-electron chi connectivity index (χ4n) is 1.51. The van der Waals surface area contributed by atoms with Crippen molar-refractivity contribution in [3.05, 3.63) is 52.8 Å². The molecule has 0 radical (unpaired) electrons. The highest BCUT2D eigenvalue weighted by Crippen LogP contribution is 2.18. The second kappa shape index (κ2) is 6.85. The van der Waals surface area contributed by atoms with Crippen LogP contribution in [0.1, 0.15) is 10.5 Å². The zero-order chi connectivity index (χ0) is 15.2. The third-order valence-corrected chi connectivity index (χ3v) is 2.88. The van der Waals surface area contributed by atoms with Crippen LogP contribution in [0.5, 0.6) is 5.75 Å². The van der Waals surface area contributed by atoms with E-state index in [-0.39, 0.29) is 11.6 Å². The van der Waals surface area contributed by atoms with Crippen molar-refractivity contribution >= 4 is 33.5 Å². The Kier molecular flexibility index (Phi) is 4.89. The molecule has 21 heavy (non-hydrogen) atoms. The van der Waals surface area contributed by atoms with Crippen LogP contribution >= 0.6 is 15.9 Å². The fourth-order valence-corrected chi connectivity index (χ4v) is 1.75. The zero-order valence-electron chi connectivity index (χ0n) is 10.7. The van der Waals surface area contributed by atoms with E-state index < -0.39 is 12.6 Å². The Labute approximate surface area is 128 Å². The molecule has 108 valence electrons. The number of amides is 1. The van der Waals surface area contributed by atoms with Gasteiger partial charge >= 0.3 is 5.97 Å². The van der Waals surface area contributed by atoms with Crippen LogP contribution in [-0.4, -0.2) is 28.6 Å². The lowest BCUT2D eigenvalue weighted by Gasteiger charge is -2.07. The number of nitrogens with one attached hydrogen (secondary N) is 1. The van der Waals surface area contributed by atoms with Crippen molar-refractivity contribution in [2.24, 2.45) is 0 Å². The summed E-state index contributed by atoms with van der Waals surface area (Å²) < 4.78 is 5.82. The number of aliphatic carboxylic acids is 1. The third-order valence-electron chi connectivity index (χ3n) is 2.41. The first-order chi connectivity index (χ1) is 10.0. The van der Waals surface area contributed by atoms with Crippen LogP contribution in [0.3, 0.4) is 0 Å². The molecule has 2 rings (SSSR count). The van der Waals surface area contributed by atoms with Gasteiger partial charge in [-0.3, -0.25) is 4.79 Å². The van der Waals surface area contributed by atoms with E-state index >= 15 is 0 Å². The SMILES string of the molecule is O=C(O)COc1cccc(NC(=O)c2ccc(Br)cn2)c1. The van der Waals surface area contributed by atoms with Crippen molar-refractivity contribution in [3.8, 4) is 5.75 Å². The van der Waals surface area contributed by atoms with E-state index in [1.54, 1.807) is 36.4 Å². The summed E-state index contributed by atoms with van der Waals surface area (Å²) in [5, 5.41) is 11.2. The molecule has 0 bridgehead atoms. The molecule has 0 fully saturated rings. The Balaban J connectivity index is 2.05. The van der Waals surface area contributed by atoms with Crippen LogP contribution in [0.2, 0.25) is 0 Å². The number of carbonyl (C=O) groups is 2. The Morgan fingerprint density at radius 2 is 2.10 bits per heavy atom. The van der Waals surface area contributed by atoms with Crippen molar-refractivity contribution in [1.29, 1.82) is 0 Å². The summed E-state index contributed by atoms with van der Waals surface area (Å²) in [7, 11) is 0. The second-order valence-electron chi connectivity index (χ2n) is 4.03. The van der Waals surface area contributed by atoms with E-state index in [0.29, 0.717) is 11.4 Å². The minimum Gasteiger partial charge on any atom is -0.482 e. The summed E-state index contributed by atoms with van der Waals surface area (Å²) in [5.74, 6) is -1.07. The largest absolute Gasteiger partial charge is 0.482 e. The molecule has 0 spiro atoms. The molecular formula is C14H11BrN2O4. The molecule has 1 aromatic heterocycles. The highest BCUT2D eigenvalue weighted by Gasteiger charge is 2.08. The predicted molar refractivity (Wildman–Crippen MR) is 79.5 cm³/mol. The first-order valence-corrected chi connectivity index (χ1v) is 6.71. The van der Waals surface area contributed by atoms with Crippen molar-refractivity contribution in [1.82, 2.24) is 4.98 Å². The topological polar surface area (TPSA) is 88.5 Å². The summed E-state index contributed by atoms with van der Waals surface area (Å²) in [5.41, 5.74) is 0.766. The number of halogens is 1. The molecule has 0 aliphatic carbocycles. The minimum atomic E-state index is -1.07. The van der Waals surface area contributed by atoms with Gasteiger partial charge in [0, 0.05) is 22.4 Å². The molecule has 0 saturated carbocycles. The van der Waals surface area contributed by atoms with Gasteiger partial charge < -0.3 is 15.2 Å². The van der Waals surface area contributed by atoms with Gasteiger partial charge in [0.1, 0.15) is 11.4 Å². The van der Waals surface area contributed by atoms with Crippen LogP contribution < -0.4 is 10.1 Å². The Morgan fingerprint density at radius 1 is 1.29 bits per heavy atom. The number of pyridine rings is 1. The lowest BCUT2D eigenvalue weighted by Crippen LogP contribution is -2.14. The molecule has 6 nitrogen and oxygen atoms in total. The number of hydrogen-bond donors (Lipinski definition) is 2. The van der Waals surface area contributed by atoms with Crippen molar-refractivity contribution in [3.63, 3.8) is 0 Å². The predicted octanol–water partition coefficient (Wildman–Crippen LogP) is 2.56. The molecular weight excluding hydrogens is 340 g/mol. The molecule has 7 heteroatoms. The van der Waals surface area contributed by atoms with Crippen LogP contribution in [0.15, 0.2) is 47.1 Å². The van der Waals surface area contributed by atoms with Crippen LogP contribution in [0.4, 0.5) is 5.69 Å². The van der Waals surface area contributed by atoms with Gasteiger partial charge in [-0.2, -0.15) is 0 Å². The quantitative estimate of drug-likeness (QED) is 0.864. The van der Waals surface area contributed by atoms with Crippen LogP contribution in [0, 0.1) is 0 Å². The molecule has 0 atom stereocenters. The van der Waals surface area contributed by atoms with Gasteiger partial charge in [-0.1, -0.05) is 6.07 Å². The maximum absolute atomic E-state index is 12.0. The first-order valence-electron chi connectivity index (χ1n) is 5.92. The van der Waals surface area contributed by atoms with Crippen molar-refractivity contribution in [2.75, 3.05) is 11.9 Å².